The van der Waals surface area contributed by atoms with Crippen molar-refractivity contribution in [2.75, 3.05) is 5.32 Å². The molecule has 2 rings (SSSR count). The highest BCUT2D eigenvalue weighted by atomic mass is 14.9. The van der Waals surface area contributed by atoms with Gasteiger partial charge in [-0.2, -0.15) is 0 Å². The van der Waals surface area contributed by atoms with Gasteiger partial charge in [-0.15, -0.1) is 0 Å². The Morgan fingerprint density at radius 1 is 0.944 bits per heavy atom. The lowest BCUT2D eigenvalue weighted by Gasteiger charge is -2.18. The summed E-state index contributed by atoms with van der Waals surface area (Å²) in [6.07, 6.45) is 0. The minimum absolute atomic E-state index is 0.324. The first-order valence-corrected chi connectivity index (χ1v) is 6.47. The van der Waals surface area contributed by atoms with Crippen molar-refractivity contribution in [3.05, 3.63) is 64.7 Å². The van der Waals surface area contributed by atoms with E-state index in [0.717, 1.165) is 0 Å². The van der Waals surface area contributed by atoms with Gasteiger partial charge in [0.15, 0.2) is 0 Å². The zero-order valence-corrected chi connectivity index (χ0v) is 11.6. The SMILES string of the molecule is Cc1cccc(C(C)Nc2cccc(C)c2C)c1. The molecule has 1 unspecified atom stereocenters. The third kappa shape index (κ3) is 2.73. The standard InChI is InChI=1S/C17H21N/c1-12-7-5-9-16(11-12)15(4)18-17-10-6-8-13(2)14(17)3/h5-11,15,18H,1-4H3. The predicted molar refractivity (Wildman–Crippen MR) is 79.1 cm³/mol. The number of nitrogens with one attached hydrogen (secondary N) is 1. The number of anilines is 1. The fourth-order valence-electron chi connectivity index (χ4n) is 2.16. The van der Waals surface area contributed by atoms with Crippen LogP contribution in [0.3, 0.4) is 0 Å². The second-order valence-corrected chi connectivity index (χ2v) is 5.03. The first-order valence-electron chi connectivity index (χ1n) is 6.47. The molecule has 0 heterocycles. The van der Waals surface area contributed by atoms with E-state index in [0.29, 0.717) is 6.04 Å². The van der Waals surface area contributed by atoms with Crippen LogP contribution in [0.1, 0.15) is 35.2 Å². The Morgan fingerprint density at radius 2 is 1.67 bits per heavy atom. The molecular weight excluding hydrogens is 218 g/mol. The summed E-state index contributed by atoms with van der Waals surface area (Å²) in [4.78, 5) is 0. The van der Waals surface area contributed by atoms with E-state index in [1.165, 1.54) is 27.9 Å². The molecule has 0 spiro atoms. The van der Waals surface area contributed by atoms with Crippen LogP contribution in [0.4, 0.5) is 5.69 Å². The minimum atomic E-state index is 0.324. The summed E-state index contributed by atoms with van der Waals surface area (Å²) < 4.78 is 0. The van der Waals surface area contributed by atoms with Crippen LogP contribution in [-0.2, 0) is 0 Å². The van der Waals surface area contributed by atoms with Crippen molar-refractivity contribution < 1.29 is 0 Å². The van der Waals surface area contributed by atoms with Gasteiger partial charge < -0.3 is 5.32 Å². The highest BCUT2D eigenvalue weighted by molar-refractivity contribution is 5.55. The Bertz CT molecular complexity index is 543. The molecule has 2 aromatic carbocycles. The molecule has 0 aliphatic heterocycles. The normalized spacial score (nSPS) is 12.2. The van der Waals surface area contributed by atoms with Crippen LogP contribution in [-0.4, -0.2) is 0 Å². The summed E-state index contributed by atoms with van der Waals surface area (Å²) in [5.41, 5.74) is 6.52. The number of aryl methyl sites for hydroxylation is 2. The Balaban J connectivity index is 2.21. The molecule has 0 aromatic heterocycles. The Morgan fingerprint density at radius 3 is 2.39 bits per heavy atom. The van der Waals surface area contributed by atoms with Crippen molar-refractivity contribution in [2.24, 2.45) is 0 Å². The predicted octanol–water partition coefficient (Wildman–Crippen LogP) is 4.78. The minimum Gasteiger partial charge on any atom is -0.378 e. The van der Waals surface area contributed by atoms with Crippen molar-refractivity contribution in [3.63, 3.8) is 0 Å². The molecule has 0 saturated heterocycles. The van der Waals surface area contributed by atoms with Gasteiger partial charge in [-0.25, -0.2) is 0 Å². The molecule has 0 aliphatic rings. The number of benzene rings is 2. The Labute approximate surface area is 110 Å². The first-order chi connectivity index (χ1) is 8.58. The third-order valence-corrected chi connectivity index (χ3v) is 3.52. The van der Waals surface area contributed by atoms with E-state index in [2.05, 4.69) is 75.5 Å². The molecule has 0 bridgehead atoms. The molecule has 1 N–H and O–H groups in total. The molecule has 0 saturated carbocycles. The van der Waals surface area contributed by atoms with E-state index in [1.807, 2.05) is 0 Å². The molecule has 0 aliphatic carbocycles. The van der Waals surface area contributed by atoms with Crippen LogP contribution in [0.15, 0.2) is 42.5 Å². The lowest BCUT2D eigenvalue weighted by Crippen LogP contribution is -2.08. The quantitative estimate of drug-likeness (QED) is 0.812. The van der Waals surface area contributed by atoms with Crippen LogP contribution in [0, 0.1) is 20.8 Å². The summed E-state index contributed by atoms with van der Waals surface area (Å²) >= 11 is 0. The monoisotopic (exact) mass is 239 g/mol. The topological polar surface area (TPSA) is 12.0 Å². The van der Waals surface area contributed by atoms with Crippen LogP contribution in [0.25, 0.3) is 0 Å². The lowest BCUT2D eigenvalue weighted by molar-refractivity contribution is 0.880. The molecule has 0 amide bonds. The summed E-state index contributed by atoms with van der Waals surface area (Å²) in [5, 5.41) is 3.59. The van der Waals surface area contributed by atoms with Crippen LogP contribution in [0.5, 0.6) is 0 Å². The van der Waals surface area contributed by atoms with Gasteiger partial charge in [0.25, 0.3) is 0 Å². The number of rotatable bonds is 3. The Kier molecular flexibility index (Phi) is 3.71. The molecule has 1 nitrogen and oxygen atoms in total. The summed E-state index contributed by atoms with van der Waals surface area (Å²) in [7, 11) is 0. The summed E-state index contributed by atoms with van der Waals surface area (Å²) in [6.45, 7) is 8.66. The zero-order valence-electron chi connectivity index (χ0n) is 11.6. The molecule has 18 heavy (non-hydrogen) atoms. The number of hydrogen-bond acceptors (Lipinski definition) is 1. The Hall–Kier alpha value is -1.76. The largest absolute Gasteiger partial charge is 0.378 e. The van der Waals surface area contributed by atoms with Crippen LogP contribution >= 0.6 is 0 Å². The van der Waals surface area contributed by atoms with E-state index in [-0.39, 0.29) is 0 Å². The van der Waals surface area contributed by atoms with Gasteiger partial charge in [0.2, 0.25) is 0 Å². The highest BCUT2D eigenvalue weighted by Gasteiger charge is 2.07. The van der Waals surface area contributed by atoms with Gasteiger partial charge in [0.1, 0.15) is 0 Å². The fourth-order valence-corrected chi connectivity index (χ4v) is 2.16. The van der Waals surface area contributed by atoms with Crippen molar-refractivity contribution in [2.45, 2.75) is 33.7 Å². The van der Waals surface area contributed by atoms with Gasteiger partial charge >= 0.3 is 0 Å². The summed E-state index contributed by atoms with van der Waals surface area (Å²) in [6, 6.07) is 15.4. The van der Waals surface area contributed by atoms with Gasteiger partial charge in [0, 0.05) is 11.7 Å². The van der Waals surface area contributed by atoms with Gasteiger partial charge in [-0.3, -0.25) is 0 Å². The second kappa shape index (κ2) is 5.26. The molecular formula is C17H21N. The lowest BCUT2D eigenvalue weighted by atomic mass is 10.0. The van der Waals surface area contributed by atoms with Crippen molar-refractivity contribution in [1.29, 1.82) is 0 Å². The molecule has 1 atom stereocenters. The van der Waals surface area contributed by atoms with E-state index in [9.17, 15) is 0 Å². The van der Waals surface area contributed by atoms with Gasteiger partial charge in [-0.05, 0) is 50.5 Å². The van der Waals surface area contributed by atoms with Crippen molar-refractivity contribution in [1.82, 2.24) is 0 Å². The average molecular weight is 239 g/mol. The molecule has 0 fully saturated rings. The first kappa shape index (κ1) is 12.7. The van der Waals surface area contributed by atoms with E-state index in [1.54, 1.807) is 0 Å². The zero-order chi connectivity index (χ0) is 13.1. The summed E-state index contributed by atoms with van der Waals surface area (Å²) in [5.74, 6) is 0. The van der Waals surface area contributed by atoms with Gasteiger partial charge in [0.05, 0.1) is 0 Å². The molecule has 94 valence electrons. The van der Waals surface area contributed by atoms with Crippen molar-refractivity contribution in [3.8, 4) is 0 Å². The average Bonchev–Trinajstić information content (AvgIpc) is 2.35. The van der Waals surface area contributed by atoms with Gasteiger partial charge in [-0.1, -0.05) is 42.0 Å². The fraction of sp³-hybridized carbons (Fsp3) is 0.294. The van der Waals surface area contributed by atoms with Crippen LogP contribution < -0.4 is 5.32 Å². The maximum absolute atomic E-state index is 3.59. The highest BCUT2D eigenvalue weighted by Crippen LogP contribution is 2.24. The molecule has 1 heteroatoms. The van der Waals surface area contributed by atoms with E-state index < -0.39 is 0 Å². The third-order valence-electron chi connectivity index (χ3n) is 3.52. The molecule has 0 radical (unpaired) electrons. The van der Waals surface area contributed by atoms with Crippen LogP contribution in [0.2, 0.25) is 0 Å². The maximum atomic E-state index is 3.59. The van der Waals surface area contributed by atoms with E-state index in [4.69, 9.17) is 0 Å². The second-order valence-electron chi connectivity index (χ2n) is 5.03. The maximum Gasteiger partial charge on any atom is 0.0485 e. The van der Waals surface area contributed by atoms with E-state index >= 15 is 0 Å². The smallest absolute Gasteiger partial charge is 0.0485 e. The van der Waals surface area contributed by atoms with Crippen molar-refractivity contribution >= 4 is 5.69 Å². The number of hydrogen-bond donors (Lipinski definition) is 1. The molecule has 2 aromatic rings.